The average molecular weight is 344 g/mol. The van der Waals surface area contributed by atoms with Crippen molar-refractivity contribution in [3.63, 3.8) is 0 Å². The first-order valence-electron chi connectivity index (χ1n) is 6.33. The van der Waals surface area contributed by atoms with Crippen molar-refractivity contribution in [3.05, 3.63) is 30.5 Å². The minimum atomic E-state index is -4.53. The summed E-state index contributed by atoms with van der Waals surface area (Å²) in [7, 11) is 0. The number of amides is 3. The van der Waals surface area contributed by atoms with Gasteiger partial charge in [0, 0.05) is 10.8 Å². The lowest BCUT2D eigenvalue weighted by Crippen LogP contribution is -2.43. The smallest absolute Gasteiger partial charge is 0.329 e. The van der Waals surface area contributed by atoms with Crippen LogP contribution in [0.3, 0.4) is 0 Å². The molecule has 0 fully saturated rings. The molecule has 1 aromatic heterocycles. The fourth-order valence-corrected chi connectivity index (χ4v) is 2.42. The lowest BCUT2D eigenvalue weighted by atomic mass is 10.2. The van der Waals surface area contributed by atoms with E-state index in [0.29, 0.717) is 5.03 Å². The summed E-state index contributed by atoms with van der Waals surface area (Å²) in [6, 6.07) is 6.07. The standard InChI is InChI=1S/C13H11F3N4O2S/c14-13(15,16)7-17-12(22)19-10(21)6-23-11-9-4-2-1-3-8(9)5-18-20-11/h1-5H,6-7H2,(H2,17,19,21,22). The monoisotopic (exact) mass is 344 g/mol. The summed E-state index contributed by atoms with van der Waals surface area (Å²) in [6.45, 7) is -1.51. The zero-order valence-electron chi connectivity index (χ0n) is 11.6. The number of urea groups is 1. The Hall–Kier alpha value is -2.36. The van der Waals surface area contributed by atoms with Crippen LogP contribution < -0.4 is 10.6 Å². The maximum Gasteiger partial charge on any atom is 0.405 e. The van der Waals surface area contributed by atoms with Gasteiger partial charge in [0.25, 0.3) is 0 Å². The molecule has 0 atom stereocenters. The number of hydrogen-bond donors (Lipinski definition) is 2. The van der Waals surface area contributed by atoms with Crippen molar-refractivity contribution in [3.8, 4) is 0 Å². The first-order valence-corrected chi connectivity index (χ1v) is 7.31. The molecule has 3 amide bonds. The third-order valence-corrected chi connectivity index (χ3v) is 3.56. The number of alkyl halides is 3. The van der Waals surface area contributed by atoms with Gasteiger partial charge in [0.05, 0.1) is 11.9 Å². The Morgan fingerprint density at radius 1 is 1.22 bits per heavy atom. The maximum atomic E-state index is 11.9. The second kappa shape index (κ2) is 7.27. The number of carbonyl (C=O) groups excluding carboxylic acids is 2. The molecule has 2 N–H and O–H groups in total. The van der Waals surface area contributed by atoms with E-state index < -0.39 is 24.7 Å². The summed E-state index contributed by atoms with van der Waals surface area (Å²) in [5.41, 5.74) is 0. The van der Waals surface area contributed by atoms with Gasteiger partial charge >= 0.3 is 12.2 Å². The molecule has 0 unspecified atom stereocenters. The van der Waals surface area contributed by atoms with Crippen LogP contribution in [0, 0.1) is 0 Å². The summed E-state index contributed by atoms with van der Waals surface area (Å²) in [4.78, 5) is 22.7. The van der Waals surface area contributed by atoms with Crippen LogP contribution in [0.25, 0.3) is 10.8 Å². The van der Waals surface area contributed by atoms with Gasteiger partial charge in [-0.2, -0.15) is 18.3 Å². The Labute approximate surface area is 132 Å². The van der Waals surface area contributed by atoms with Crippen molar-refractivity contribution in [1.29, 1.82) is 0 Å². The number of benzene rings is 1. The van der Waals surface area contributed by atoms with E-state index in [2.05, 4.69) is 10.2 Å². The number of aromatic nitrogens is 2. The molecule has 0 radical (unpaired) electrons. The molecule has 2 rings (SSSR count). The Bertz CT molecular complexity index is 718. The molecule has 1 aromatic carbocycles. The van der Waals surface area contributed by atoms with Gasteiger partial charge in [-0.05, 0) is 0 Å². The van der Waals surface area contributed by atoms with E-state index >= 15 is 0 Å². The first-order chi connectivity index (χ1) is 10.8. The largest absolute Gasteiger partial charge is 0.405 e. The molecule has 0 bridgehead atoms. The number of nitrogens with one attached hydrogen (secondary N) is 2. The zero-order chi connectivity index (χ0) is 16.9. The zero-order valence-corrected chi connectivity index (χ0v) is 12.4. The van der Waals surface area contributed by atoms with Crippen molar-refractivity contribution in [2.75, 3.05) is 12.3 Å². The molecule has 0 saturated carbocycles. The van der Waals surface area contributed by atoms with Crippen molar-refractivity contribution >= 4 is 34.5 Å². The molecule has 6 nitrogen and oxygen atoms in total. The van der Waals surface area contributed by atoms with Crippen molar-refractivity contribution in [1.82, 2.24) is 20.8 Å². The predicted octanol–water partition coefficient (Wildman–Crippen LogP) is 2.11. The molecule has 2 aromatic rings. The quantitative estimate of drug-likeness (QED) is 0.830. The normalized spacial score (nSPS) is 11.3. The van der Waals surface area contributed by atoms with Crippen LogP contribution in [-0.4, -0.2) is 40.6 Å². The second-order valence-corrected chi connectivity index (χ2v) is 5.34. The third-order valence-electron chi connectivity index (χ3n) is 2.58. The predicted molar refractivity (Wildman–Crippen MR) is 77.9 cm³/mol. The molecule has 122 valence electrons. The van der Waals surface area contributed by atoms with E-state index in [-0.39, 0.29) is 5.75 Å². The van der Waals surface area contributed by atoms with Crippen molar-refractivity contribution in [2.24, 2.45) is 0 Å². The van der Waals surface area contributed by atoms with Crippen LogP contribution in [0.1, 0.15) is 0 Å². The molecule has 0 saturated heterocycles. The van der Waals surface area contributed by atoms with Gasteiger partial charge in [0.2, 0.25) is 5.91 Å². The van der Waals surface area contributed by atoms with Gasteiger partial charge in [-0.15, -0.1) is 5.10 Å². The molecule has 0 aliphatic carbocycles. The molecule has 10 heteroatoms. The minimum absolute atomic E-state index is 0.178. The maximum absolute atomic E-state index is 11.9. The van der Waals surface area contributed by atoms with Crippen LogP contribution in [0.2, 0.25) is 0 Å². The number of imide groups is 1. The summed E-state index contributed by atoms with van der Waals surface area (Å²) < 4.78 is 35.8. The van der Waals surface area contributed by atoms with Gasteiger partial charge < -0.3 is 5.32 Å². The van der Waals surface area contributed by atoms with E-state index in [1.54, 1.807) is 23.6 Å². The average Bonchev–Trinajstić information content (AvgIpc) is 2.50. The number of nitrogens with zero attached hydrogens (tertiary/aromatic N) is 2. The highest BCUT2D eigenvalue weighted by atomic mass is 32.2. The van der Waals surface area contributed by atoms with E-state index in [0.717, 1.165) is 22.5 Å². The fraction of sp³-hybridized carbons (Fsp3) is 0.231. The van der Waals surface area contributed by atoms with Gasteiger partial charge in [0.15, 0.2) is 0 Å². The number of carbonyl (C=O) groups is 2. The van der Waals surface area contributed by atoms with Gasteiger partial charge in [-0.3, -0.25) is 10.1 Å². The number of halogens is 3. The van der Waals surface area contributed by atoms with Gasteiger partial charge in [-0.1, -0.05) is 36.0 Å². The summed E-state index contributed by atoms with van der Waals surface area (Å²) in [5.74, 6) is -0.910. The Morgan fingerprint density at radius 2 is 1.96 bits per heavy atom. The highest BCUT2D eigenvalue weighted by Gasteiger charge is 2.27. The highest BCUT2D eigenvalue weighted by molar-refractivity contribution is 8.00. The fourth-order valence-electron chi connectivity index (χ4n) is 1.63. The molecule has 0 aliphatic rings. The highest BCUT2D eigenvalue weighted by Crippen LogP contribution is 2.24. The molecule has 1 heterocycles. The number of rotatable bonds is 4. The molecule has 0 aliphatic heterocycles. The number of fused-ring (bicyclic) bond motifs is 1. The van der Waals surface area contributed by atoms with Crippen LogP contribution >= 0.6 is 11.8 Å². The van der Waals surface area contributed by atoms with E-state index in [9.17, 15) is 22.8 Å². The SMILES string of the molecule is O=C(CSc1nncc2ccccc12)NC(=O)NCC(F)(F)F. The van der Waals surface area contributed by atoms with Crippen LogP contribution in [0.5, 0.6) is 0 Å². The molecule has 23 heavy (non-hydrogen) atoms. The molecular weight excluding hydrogens is 333 g/mol. The lowest BCUT2D eigenvalue weighted by Gasteiger charge is -2.09. The van der Waals surface area contributed by atoms with E-state index in [1.165, 1.54) is 0 Å². The third kappa shape index (κ3) is 5.40. The van der Waals surface area contributed by atoms with Crippen LogP contribution in [0.4, 0.5) is 18.0 Å². The Kier molecular flexibility index (Phi) is 5.37. The lowest BCUT2D eigenvalue weighted by molar-refractivity contribution is -0.124. The topological polar surface area (TPSA) is 84.0 Å². The number of hydrogen-bond acceptors (Lipinski definition) is 5. The van der Waals surface area contributed by atoms with Gasteiger partial charge in [-0.25, -0.2) is 4.79 Å². The second-order valence-electron chi connectivity index (χ2n) is 4.37. The molecular formula is C13H11F3N4O2S. The Morgan fingerprint density at radius 3 is 2.70 bits per heavy atom. The summed E-state index contributed by atoms with van der Waals surface area (Å²) >= 11 is 1.04. The van der Waals surface area contributed by atoms with E-state index in [4.69, 9.17) is 0 Å². The number of thioether (sulfide) groups is 1. The van der Waals surface area contributed by atoms with Crippen molar-refractivity contribution in [2.45, 2.75) is 11.2 Å². The van der Waals surface area contributed by atoms with Crippen LogP contribution in [-0.2, 0) is 4.79 Å². The van der Waals surface area contributed by atoms with Crippen LogP contribution in [0.15, 0.2) is 35.5 Å². The van der Waals surface area contributed by atoms with E-state index in [1.807, 2.05) is 17.4 Å². The molecule has 0 spiro atoms. The first kappa shape index (κ1) is 17.0. The van der Waals surface area contributed by atoms with Gasteiger partial charge in [0.1, 0.15) is 11.6 Å². The summed E-state index contributed by atoms with van der Waals surface area (Å²) in [5, 5.41) is 13.2. The summed E-state index contributed by atoms with van der Waals surface area (Å²) in [6.07, 6.45) is -2.96. The Balaban J connectivity index is 1.88. The minimum Gasteiger partial charge on any atom is -0.329 e. The van der Waals surface area contributed by atoms with Crippen molar-refractivity contribution < 1.29 is 22.8 Å².